The molecule has 1 aromatic carbocycles. The van der Waals surface area contributed by atoms with Crippen molar-refractivity contribution in [3.05, 3.63) is 29.8 Å². The third-order valence-corrected chi connectivity index (χ3v) is 5.81. The topological polar surface area (TPSA) is 119 Å². The maximum atomic E-state index is 11.9. The third kappa shape index (κ3) is 5.48. The van der Waals surface area contributed by atoms with Gasteiger partial charge in [0.1, 0.15) is 0 Å². The molecule has 1 amide bonds. The molecule has 1 atom stereocenters. The van der Waals surface area contributed by atoms with Crippen molar-refractivity contribution in [2.75, 3.05) is 25.2 Å². The van der Waals surface area contributed by atoms with Gasteiger partial charge in [-0.3, -0.25) is 4.79 Å². The molecule has 0 bridgehead atoms. The van der Waals surface area contributed by atoms with Gasteiger partial charge < -0.3 is 19.9 Å². The Balaban J connectivity index is 1.84. The van der Waals surface area contributed by atoms with Crippen LogP contribution < -0.4 is 10.1 Å². The minimum Gasteiger partial charge on any atom is -0.504 e. The summed E-state index contributed by atoms with van der Waals surface area (Å²) in [6.45, 7) is 1.15. The average Bonchev–Trinajstić information content (AvgIpc) is 2.85. The molecule has 0 unspecified atom stereocenters. The zero-order valence-corrected chi connectivity index (χ0v) is 15.3. The van der Waals surface area contributed by atoms with E-state index < -0.39 is 33.9 Å². The summed E-state index contributed by atoms with van der Waals surface area (Å²) < 4.78 is 32.8. The fraction of sp³-hybridized carbons (Fsp3) is 0.412. The summed E-state index contributed by atoms with van der Waals surface area (Å²) in [5.74, 6) is -1.13. The third-order valence-electron chi connectivity index (χ3n) is 3.91. The molecular weight excluding hydrogens is 362 g/mol. The highest BCUT2D eigenvalue weighted by Crippen LogP contribution is 2.26. The van der Waals surface area contributed by atoms with Crippen molar-refractivity contribution >= 4 is 27.8 Å². The number of sulfone groups is 1. The largest absolute Gasteiger partial charge is 0.504 e. The van der Waals surface area contributed by atoms with Gasteiger partial charge in [0.2, 0.25) is 0 Å². The Morgan fingerprint density at radius 3 is 2.73 bits per heavy atom. The lowest BCUT2D eigenvalue weighted by molar-refractivity contribution is -0.144. The van der Waals surface area contributed by atoms with E-state index in [1.54, 1.807) is 13.0 Å². The molecular formula is C17H21NO7S. The SMILES string of the molecule is COc1cc(/C=C/C(=O)OCC(=O)N[C@@]2(C)CCS(=O)(=O)C2)ccc1O. The Labute approximate surface area is 151 Å². The summed E-state index contributed by atoms with van der Waals surface area (Å²) in [6.07, 6.45) is 2.92. The van der Waals surface area contributed by atoms with Gasteiger partial charge >= 0.3 is 5.97 Å². The quantitative estimate of drug-likeness (QED) is 0.547. The number of ether oxygens (including phenoxy) is 2. The first-order chi connectivity index (χ1) is 12.1. The second kappa shape index (κ2) is 7.77. The lowest BCUT2D eigenvalue weighted by Crippen LogP contribution is -2.48. The molecule has 0 aliphatic carbocycles. The Morgan fingerprint density at radius 2 is 2.12 bits per heavy atom. The molecule has 0 aromatic heterocycles. The van der Waals surface area contributed by atoms with Gasteiger partial charge in [0.05, 0.1) is 24.2 Å². The van der Waals surface area contributed by atoms with Crippen molar-refractivity contribution < 1.29 is 32.6 Å². The summed E-state index contributed by atoms with van der Waals surface area (Å²) in [5.41, 5.74) is -0.231. The van der Waals surface area contributed by atoms with Gasteiger partial charge in [0.15, 0.2) is 27.9 Å². The van der Waals surface area contributed by atoms with Crippen molar-refractivity contribution in [2.45, 2.75) is 18.9 Å². The normalized spacial score (nSPS) is 21.5. The molecule has 0 radical (unpaired) electrons. The molecule has 142 valence electrons. The van der Waals surface area contributed by atoms with Crippen LogP contribution in [0, 0.1) is 0 Å². The number of esters is 1. The molecule has 0 saturated carbocycles. The van der Waals surface area contributed by atoms with E-state index in [0.29, 0.717) is 12.0 Å². The number of phenolic OH excluding ortho intramolecular Hbond substituents is 1. The number of hydrogen-bond donors (Lipinski definition) is 2. The molecule has 0 spiro atoms. The molecule has 8 nitrogen and oxygen atoms in total. The van der Waals surface area contributed by atoms with E-state index in [2.05, 4.69) is 5.32 Å². The lowest BCUT2D eigenvalue weighted by Gasteiger charge is -2.23. The minimum absolute atomic E-state index is 0.0219. The van der Waals surface area contributed by atoms with E-state index in [-0.39, 0.29) is 23.0 Å². The van der Waals surface area contributed by atoms with Gasteiger partial charge in [-0.2, -0.15) is 0 Å². The second-order valence-electron chi connectivity index (χ2n) is 6.32. The standard InChI is InChI=1S/C17H21NO7S/c1-17(7-8-26(22,23)11-17)18-15(20)10-25-16(21)6-4-12-3-5-13(19)14(9-12)24-2/h3-6,9,19H,7-8,10-11H2,1-2H3,(H,18,20)/b6-4+/t17-/m0/s1. The summed E-state index contributed by atoms with van der Waals surface area (Å²) in [5, 5.41) is 12.1. The Hall–Kier alpha value is -2.55. The van der Waals surface area contributed by atoms with E-state index in [4.69, 9.17) is 9.47 Å². The van der Waals surface area contributed by atoms with Crippen LogP contribution in [0.2, 0.25) is 0 Å². The molecule has 1 fully saturated rings. The van der Waals surface area contributed by atoms with Crippen molar-refractivity contribution in [1.82, 2.24) is 5.32 Å². The summed E-state index contributed by atoms with van der Waals surface area (Å²) in [4.78, 5) is 23.6. The van der Waals surface area contributed by atoms with E-state index in [0.717, 1.165) is 6.08 Å². The monoisotopic (exact) mass is 383 g/mol. The zero-order valence-electron chi connectivity index (χ0n) is 14.5. The molecule has 2 N–H and O–H groups in total. The first-order valence-electron chi connectivity index (χ1n) is 7.86. The average molecular weight is 383 g/mol. The highest BCUT2D eigenvalue weighted by molar-refractivity contribution is 7.91. The van der Waals surface area contributed by atoms with Crippen LogP contribution in [0.4, 0.5) is 0 Å². The van der Waals surface area contributed by atoms with E-state index in [1.165, 1.54) is 25.3 Å². The Bertz CT molecular complexity index is 832. The number of nitrogens with one attached hydrogen (secondary N) is 1. The summed E-state index contributed by atoms with van der Waals surface area (Å²) in [7, 11) is -1.73. The van der Waals surface area contributed by atoms with E-state index in [9.17, 15) is 23.1 Å². The fourth-order valence-corrected chi connectivity index (χ4v) is 4.72. The van der Waals surface area contributed by atoms with Gasteiger partial charge in [0.25, 0.3) is 5.91 Å². The zero-order chi connectivity index (χ0) is 19.4. The summed E-state index contributed by atoms with van der Waals surface area (Å²) in [6, 6.07) is 4.54. The van der Waals surface area contributed by atoms with Gasteiger partial charge in [-0.05, 0) is 37.1 Å². The first kappa shape index (κ1) is 19.8. The molecule has 9 heteroatoms. The number of methoxy groups -OCH3 is 1. The number of rotatable bonds is 6. The number of amides is 1. The van der Waals surface area contributed by atoms with Crippen molar-refractivity contribution in [2.24, 2.45) is 0 Å². The van der Waals surface area contributed by atoms with Crippen LogP contribution in [0.1, 0.15) is 18.9 Å². The molecule has 1 heterocycles. The molecule has 1 aliphatic heterocycles. The highest BCUT2D eigenvalue weighted by Gasteiger charge is 2.39. The van der Waals surface area contributed by atoms with Gasteiger partial charge in [0, 0.05) is 6.08 Å². The van der Waals surface area contributed by atoms with Gasteiger partial charge in [-0.25, -0.2) is 13.2 Å². The molecule has 1 saturated heterocycles. The maximum absolute atomic E-state index is 11.9. The van der Waals surface area contributed by atoms with Crippen LogP contribution in [-0.2, 0) is 24.2 Å². The minimum atomic E-state index is -3.14. The number of hydrogen-bond acceptors (Lipinski definition) is 7. The Kier molecular flexibility index (Phi) is 5.91. The Morgan fingerprint density at radius 1 is 1.38 bits per heavy atom. The van der Waals surface area contributed by atoms with Crippen LogP contribution in [0.3, 0.4) is 0 Å². The van der Waals surface area contributed by atoms with Gasteiger partial charge in [-0.15, -0.1) is 0 Å². The number of aromatic hydroxyl groups is 1. The maximum Gasteiger partial charge on any atom is 0.331 e. The molecule has 2 rings (SSSR count). The van der Waals surface area contributed by atoms with Crippen LogP contribution >= 0.6 is 0 Å². The van der Waals surface area contributed by atoms with Crippen molar-refractivity contribution in [1.29, 1.82) is 0 Å². The predicted molar refractivity (Wildman–Crippen MR) is 94.5 cm³/mol. The highest BCUT2D eigenvalue weighted by atomic mass is 32.2. The van der Waals surface area contributed by atoms with Gasteiger partial charge in [-0.1, -0.05) is 6.07 Å². The van der Waals surface area contributed by atoms with E-state index >= 15 is 0 Å². The second-order valence-corrected chi connectivity index (χ2v) is 8.51. The van der Waals surface area contributed by atoms with Crippen LogP contribution in [0.5, 0.6) is 11.5 Å². The van der Waals surface area contributed by atoms with Crippen LogP contribution in [0.25, 0.3) is 6.08 Å². The van der Waals surface area contributed by atoms with Crippen LogP contribution in [0.15, 0.2) is 24.3 Å². The predicted octanol–water partition coefficient (Wildman–Crippen LogP) is 0.651. The number of carbonyl (C=O) groups excluding carboxylic acids is 2. The smallest absolute Gasteiger partial charge is 0.331 e. The number of phenols is 1. The fourth-order valence-electron chi connectivity index (χ4n) is 2.63. The number of benzene rings is 1. The molecule has 26 heavy (non-hydrogen) atoms. The van der Waals surface area contributed by atoms with Crippen molar-refractivity contribution in [3.8, 4) is 11.5 Å². The van der Waals surface area contributed by atoms with Crippen LogP contribution in [-0.4, -0.2) is 56.2 Å². The number of carbonyl (C=O) groups is 2. The summed E-state index contributed by atoms with van der Waals surface area (Å²) >= 11 is 0. The first-order valence-corrected chi connectivity index (χ1v) is 9.68. The molecule has 1 aromatic rings. The van der Waals surface area contributed by atoms with Crippen molar-refractivity contribution in [3.63, 3.8) is 0 Å². The van der Waals surface area contributed by atoms with E-state index in [1.807, 2.05) is 0 Å². The molecule has 1 aliphatic rings. The lowest BCUT2D eigenvalue weighted by atomic mass is 10.0.